The second-order valence-corrected chi connectivity index (χ2v) is 3.76. The van der Waals surface area contributed by atoms with Crippen LogP contribution in [-0.4, -0.2) is 13.1 Å². The minimum atomic E-state index is 0.526. The van der Waals surface area contributed by atoms with E-state index < -0.39 is 0 Å². The molecule has 2 aromatic carbocycles. The maximum Gasteiger partial charge on any atom is 0.0801 e. The Kier molecular flexibility index (Phi) is 3.34. The Labute approximate surface area is 102 Å². The van der Waals surface area contributed by atoms with Crippen molar-refractivity contribution >= 4 is 16.5 Å². The molecule has 0 saturated heterocycles. The van der Waals surface area contributed by atoms with Crippen LogP contribution in [0.15, 0.2) is 42.5 Å². The summed E-state index contributed by atoms with van der Waals surface area (Å²) < 4.78 is 0. The van der Waals surface area contributed by atoms with Crippen LogP contribution >= 0.6 is 0 Å². The molecule has 0 N–H and O–H groups in total. The lowest BCUT2D eigenvalue weighted by molar-refractivity contribution is 0.993. The Bertz CT molecular complexity index is 577. The lowest BCUT2D eigenvalue weighted by Gasteiger charge is -2.21. The highest BCUT2D eigenvalue weighted by atomic mass is 15.1. The van der Waals surface area contributed by atoms with Gasteiger partial charge >= 0.3 is 0 Å². The quantitative estimate of drug-likeness (QED) is 0.717. The largest absolute Gasteiger partial charge is 0.349 e. The number of nitrogens with zero attached hydrogens (tertiary/aromatic N) is 1. The number of anilines is 1. The Morgan fingerprint density at radius 1 is 0.882 bits per heavy atom. The molecule has 0 saturated carbocycles. The molecule has 0 spiro atoms. The fourth-order valence-corrected chi connectivity index (χ4v) is 1.93. The molecule has 1 heteroatoms. The van der Waals surface area contributed by atoms with Crippen molar-refractivity contribution in [1.29, 1.82) is 0 Å². The van der Waals surface area contributed by atoms with Gasteiger partial charge in [-0.2, -0.15) is 0 Å². The summed E-state index contributed by atoms with van der Waals surface area (Å²) in [5.74, 6) is 5.29. The average molecular weight is 219 g/mol. The van der Waals surface area contributed by atoms with Crippen molar-refractivity contribution in [2.45, 2.75) is 0 Å². The van der Waals surface area contributed by atoms with Crippen LogP contribution in [0.2, 0.25) is 0 Å². The molecule has 82 valence electrons. The zero-order chi connectivity index (χ0) is 12.1. The summed E-state index contributed by atoms with van der Waals surface area (Å²) in [5.41, 5.74) is 1.10. The number of benzene rings is 2. The molecule has 0 aromatic heterocycles. The molecule has 0 aliphatic heterocycles. The molecule has 0 atom stereocenters. The summed E-state index contributed by atoms with van der Waals surface area (Å²) in [5, 5.41) is 2.38. The van der Waals surface area contributed by atoms with Gasteiger partial charge in [0.05, 0.1) is 13.1 Å². The van der Waals surface area contributed by atoms with E-state index in [1.54, 1.807) is 0 Å². The van der Waals surface area contributed by atoms with Crippen molar-refractivity contribution in [2.75, 3.05) is 18.0 Å². The van der Waals surface area contributed by atoms with Gasteiger partial charge in [0, 0.05) is 11.1 Å². The molecule has 0 fully saturated rings. The zero-order valence-corrected chi connectivity index (χ0v) is 9.56. The van der Waals surface area contributed by atoms with Crippen LogP contribution < -0.4 is 4.90 Å². The van der Waals surface area contributed by atoms with E-state index in [4.69, 9.17) is 12.8 Å². The number of fused-ring (bicyclic) bond motifs is 1. The Morgan fingerprint density at radius 3 is 2.24 bits per heavy atom. The SMILES string of the molecule is C#CCN(CC#C)c1cccc2ccccc12. The van der Waals surface area contributed by atoms with Gasteiger partial charge in [0.25, 0.3) is 0 Å². The van der Waals surface area contributed by atoms with Gasteiger partial charge in [-0.05, 0) is 11.5 Å². The first-order chi connectivity index (χ1) is 8.36. The topological polar surface area (TPSA) is 3.24 Å². The van der Waals surface area contributed by atoms with E-state index in [1.807, 2.05) is 23.1 Å². The van der Waals surface area contributed by atoms with Gasteiger partial charge in [0.15, 0.2) is 0 Å². The van der Waals surface area contributed by atoms with Gasteiger partial charge in [-0.1, -0.05) is 48.2 Å². The number of hydrogen-bond acceptors (Lipinski definition) is 1. The maximum absolute atomic E-state index is 5.38. The normalized spacial score (nSPS) is 9.53. The van der Waals surface area contributed by atoms with Crippen molar-refractivity contribution in [3.8, 4) is 24.7 Å². The predicted octanol–water partition coefficient (Wildman–Crippen LogP) is 2.91. The third-order valence-electron chi connectivity index (χ3n) is 2.67. The number of rotatable bonds is 3. The van der Waals surface area contributed by atoms with Crippen LogP contribution in [0.1, 0.15) is 0 Å². The molecule has 0 bridgehead atoms. The Morgan fingerprint density at radius 2 is 1.53 bits per heavy atom. The Hall–Kier alpha value is -2.38. The minimum absolute atomic E-state index is 0.526. The monoisotopic (exact) mass is 219 g/mol. The van der Waals surface area contributed by atoms with Gasteiger partial charge in [-0.3, -0.25) is 0 Å². The molecule has 2 rings (SSSR count). The van der Waals surface area contributed by atoms with Crippen LogP contribution in [0.4, 0.5) is 5.69 Å². The van der Waals surface area contributed by atoms with Gasteiger partial charge < -0.3 is 4.90 Å². The number of hydrogen-bond donors (Lipinski definition) is 0. The van der Waals surface area contributed by atoms with Crippen LogP contribution in [0.3, 0.4) is 0 Å². The van der Waals surface area contributed by atoms with E-state index in [-0.39, 0.29) is 0 Å². The van der Waals surface area contributed by atoms with E-state index in [0.717, 1.165) is 5.69 Å². The van der Waals surface area contributed by atoms with Gasteiger partial charge in [0.2, 0.25) is 0 Å². The van der Waals surface area contributed by atoms with E-state index in [9.17, 15) is 0 Å². The summed E-state index contributed by atoms with van der Waals surface area (Å²) in [4.78, 5) is 2.03. The van der Waals surface area contributed by atoms with Crippen LogP contribution in [0.25, 0.3) is 10.8 Å². The van der Waals surface area contributed by atoms with Crippen LogP contribution in [0, 0.1) is 24.7 Å². The molecule has 17 heavy (non-hydrogen) atoms. The minimum Gasteiger partial charge on any atom is -0.349 e. The molecule has 0 radical (unpaired) electrons. The maximum atomic E-state index is 5.38. The predicted molar refractivity (Wildman–Crippen MR) is 73.8 cm³/mol. The summed E-state index contributed by atoms with van der Waals surface area (Å²) in [6.07, 6.45) is 10.8. The summed E-state index contributed by atoms with van der Waals surface area (Å²) in [6, 6.07) is 14.4. The number of terminal acetylenes is 2. The fraction of sp³-hybridized carbons (Fsp3) is 0.125. The first-order valence-corrected chi connectivity index (χ1v) is 5.46. The zero-order valence-electron chi connectivity index (χ0n) is 9.56. The molecule has 2 aromatic rings. The first-order valence-electron chi connectivity index (χ1n) is 5.46. The highest BCUT2D eigenvalue weighted by Crippen LogP contribution is 2.26. The summed E-state index contributed by atoms with van der Waals surface area (Å²) in [7, 11) is 0. The summed E-state index contributed by atoms with van der Waals surface area (Å²) >= 11 is 0. The second kappa shape index (κ2) is 5.10. The van der Waals surface area contributed by atoms with Crippen molar-refractivity contribution in [1.82, 2.24) is 0 Å². The van der Waals surface area contributed by atoms with Gasteiger partial charge in [-0.25, -0.2) is 0 Å². The average Bonchev–Trinajstić information content (AvgIpc) is 2.38. The van der Waals surface area contributed by atoms with E-state index >= 15 is 0 Å². The van der Waals surface area contributed by atoms with E-state index in [2.05, 4.69) is 36.1 Å². The van der Waals surface area contributed by atoms with Crippen molar-refractivity contribution in [2.24, 2.45) is 0 Å². The molecular weight excluding hydrogens is 206 g/mol. The molecule has 0 amide bonds. The van der Waals surface area contributed by atoms with Crippen molar-refractivity contribution in [3.05, 3.63) is 42.5 Å². The molecule has 0 aliphatic carbocycles. The standard InChI is InChI=1S/C16H13N/c1-3-12-17(13-4-2)16-11-7-9-14-8-5-6-10-15(14)16/h1-2,5-11H,12-13H2. The third-order valence-corrected chi connectivity index (χ3v) is 2.67. The molecule has 0 aliphatic rings. The molecular formula is C16H13N. The van der Waals surface area contributed by atoms with Gasteiger partial charge in [-0.15, -0.1) is 12.8 Å². The van der Waals surface area contributed by atoms with Crippen LogP contribution in [0.5, 0.6) is 0 Å². The van der Waals surface area contributed by atoms with Crippen molar-refractivity contribution in [3.63, 3.8) is 0 Å². The highest BCUT2D eigenvalue weighted by molar-refractivity contribution is 5.94. The first kappa shape index (κ1) is 11.1. The smallest absolute Gasteiger partial charge is 0.0801 e. The lowest BCUT2D eigenvalue weighted by atomic mass is 10.1. The van der Waals surface area contributed by atoms with Crippen molar-refractivity contribution < 1.29 is 0 Å². The molecule has 0 unspecified atom stereocenters. The van der Waals surface area contributed by atoms with Crippen LogP contribution in [-0.2, 0) is 0 Å². The highest BCUT2D eigenvalue weighted by Gasteiger charge is 2.07. The Balaban J connectivity index is 2.54. The van der Waals surface area contributed by atoms with E-state index in [0.29, 0.717) is 13.1 Å². The molecule has 0 heterocycles. The van der Waals surface area contributed by atoms with E-state index in [1.165, 1.54) is 10.8 Å². The fourth-order valence-electron chi connectivity index (χ4n) is 1.93. The molecule has 1 nitrogen and oxygen atoms in total. The third kappa shape index (κ3) is 2.25. The lowest BCUT2D eigenvalue weighted by Crippen LogP contribution is -2.23. The van der Waals surface area contributed by atoms with Gasteiger partial charge in [0.1, 0.15) is 0 Å². The summed E-state index contributed by atoms with van der Waals surface area (Å²) in [6.45, 7) is 1.05. The second-order valence-electron chi connectivity index (χ2n) is 3.76.